The van der Waals surface area contributed by atoms with E-state index in [2.05, 4.69) is 0 Å². The first-order valence-corrected chi connectivity index (χ1v) is 3.42. The Morgan fingerprint density at radius 3 is 2.30 bits per heavy atom. The minimum atomic E-state index is -0.412. The molecule has 0 fully saturated rings. The average molecular weight is 135 g/mol. The van der Waals surface area contributed by atoms with E-state index in [0.29, 0.717) is 5.92 Å². The first-order chi connectivity index (χ1) is 4.73. The molecule has 0 saturated heterocycles. The summed E-state index contributed by atoms with van der Waals surface area (Å²) in [6.07, 6.45) is 8.79. The third-order valence-corrected chi connectivity index (χ3v) is 2.31. The van der Waals surface area contributed by atoms with Crippen molar-refractivity contribution in [2.75, 3.05) is 0 Å². The SMILES string of the molecule is NC(=O)C12C=CC(C=C1)C2. The van der Waals surface area contributed by atoms with Crippen LogP contribution in [0.2, 0.25) is 0 Å². The summed E-state index contributed by atoms with van der Waals surface area (Å²) in [5, 5.41) is 0. The lowest BCUT2D eigenvalue weighted by molar-refractivity contribution is -0.123. The second-order valence-electron chi connectivity index (χ2n) is 2.99. The zero-order valence-corrected chi connectivity index (χ0v) is 5.58. The van der Waals surface area contributed by atoms with Crippen molar-refractivity contribution in [2.24, 2.45) is 17.1 Å². The first-order valence-electron chi connectivity index (χ1n) is 3.42. The lowest BCUT2D eigenvalue weighted by atomic mass is 9.90. The van der Waals surface area contributed by atoms with Crippen LogP contribution in [-0.4, -0.2) is 5.91 Å². The Morgan fingerprint density at radius 1 is 1.50 bits per heavy atom. The zero-order chi connectivity index (χ0) is 7.19. The quantitative estimate of drug-likeness (QED) is 0.526. The van der Waals surface area contributed by atoms with Gasteiger partial charge >= 0.3 is 0 Å². The third kappa shape index (κ3) is 0.511. The summed E-state index contributed by atoms with van der Waals surface area (Å²) >= 11 is 0. The first kappa shape index (κ1) is 5.71. The third-order valence-electron chi connectivity index (χ3n) is 2.31. The largest absolute Gasteiger partial charge is 0.369 e. The molecule has 2 heteroatoms. The van der Waals surface area contributed by atoms with Crippen molar-refractivity contribution < 1.29 is 4.79 Å². The van der Waals surface area contributed by atoms with Gasteiger partial charge in [0.1, 0.15) is 0 Å². The van der Waals surface area contributed by atoms with Gasteiger partial charge in [-0.25, -0.2) is 0 Å². The van der Waals surface area contributed by atoms with E-state index < -0.39 is 5.41 Å². The van der Waals surface area contributed by atoms with Crippen LogP contribution in [0.1, 0.15) is 6.42 Å². The molecule has 0 aliphatic heterocycles. The van der Waals surface area contributed by atoms with Gasteiger partial charge in [-0.05, 0) is 12.3 Å². The molecule has 10 heavy (non-hydrogen) atoms. The van der Waals surface area contributed by atoms with Gasteiger partial charge in [-0.2, -0.15) is 0 Å². The second kappa shape index (κ2) is 1.51. The van der Waals surface area contributed by atoms with Crippen LogP contribution >= 0.6 is 0 Å². The summed E-state index contributed by atoms with van der Waals surface area (Å²) in [5.41, 5.74) is 4.82. The van der Waals surface area contributed by atoms with Crippen molar-refractivity contribution >= 4 is 5.91 Å². The fraction of sp³-hybridized carbons (Fsp3) is 0.375. The molecule has 0 radical (unpaired) electrons. The molecule has 2 N–H and O–H groups in total. The van der Waals surface area contributed by atoms with E-state index in [1.54, 1.807) is 0 Å². The summed E-state index contributed by atoms with van der Waals surface area (Å²) < 4.78 is 0. The van der Waals surface area contributed by atoms with Gasteiger partial charge in [-0.15, -0.1) is 0 Å². The van der Waals surface area contributed by atoms with Crippen LogP contribution < -0.4 is 5.73 Å². The highest BCUT2D eigenvalue weighted by Gasteiger charge is 2.40. The van der Waals surface area contributed by atoms with Crippen LogP contribution in [0.5, 0.6) is 0 Å². The Labute approximate surface area is 59.4 Å². The van der Waals surface area contributed by atoms with Gasteiger partial charge in [0.05, 0.1) is 5.41 Å². The summed E-state index contributed by atoms with van der Waals surface area (Å²) in [4.78, 5) is 10.9. The molecule has 0 atom stereocenters. The second-order valence-corrected chi connectivity index (χ2v) is 2.99. The van der Waals surface area contributed by atoms with Gasteiger partial charge in [0.2, 0.25) is 5.91 Å². The van der Waals surface area contributed by atoms with Gasteiger partial charge < -0.3 is 5.73 Å². The molecule has 0 heterocycles. The smallest absolute Gasteiger partial charge is 0.231 e. The molecule has 2 aliphatic carbocycles. The lowest BCUT2D eigenvalue weighted by Gasteiger charge is -2.14. The molecule has 2 aliphatic rings. The molecule has 1 amide bonds. The molecule has 0 aromatic rings. The van der Waals surface area contributed by atoms with E-state index in [9.17, 15) is 4.79 Å². The Bertz CT molecular complexity index is 226. The summed E-state index contributed by atoms with van der Waals surface area (Å²) in [7, 11) is 0. The van der Waals surface area contributed by atoms with Gasteiger partial charge in [-0.3, -0.25) is 4.79 Å². The van der Waals surface area contributed by atoms with Crippen LogP contribution in [-0.2, 0) is 4.79 Å². The molecule has 0 saturated carbocycles. The summed E-state index contributed by atoms with van der Waals surface area (Å²) in [6.45, 7) is 0. The predicted molar refractivity (Wildman–Crippen MR) is 38.0 cm³/mol. The highest BCUT2D eigenvalue weighted by Crippen LogP contribution is 2.43. The van der Waals surface area contributed by atoms with E-state index in [1.165, 1.54) is 0 Å². The monoisotopic (exact) mass is 135 g/mol. The molecule has 52 valence electrons. The van der Waals surface area contributed by atoms with Gasteiger partial charge in [0.25, 0.3) is 0 Å². The van der Waals surface area contributed by atoms with Crippen molar-refractivity contribution in [3.63, 3.8) is 0 Å². The average Bonchev–Trinajstić information content (AvgIpc) is 2.45. The van der Waals surface area contributed by atoms with E-state index in [-0.39, 0.29) is 5.91 Å². The Kier molecular flexibility index (Phi) is 0.862. The molecule has 2 bridgehead atoms. The fourth-order valence-corrected chi connectivity index (χ4v) is 1.64. The number of primary amides is 1. The van der Waals surface area contributed by atoms with Crippen LogP contribution in [0.15, 0.2) is 24.3 Å². The number of hydrogen-bond acceptors (Lipinski definition) is 1. The topological polar surface area (TPSA) is 43.1 Å². The Morgan fingerprint density at radius 2 is 2.10 bits per heavy atom. The maximum absolute atomic E-state index is 10.9. The number of allylic oxidation sites excluding steroid dienone is 2. The van der Waals surface area contributed by atoms with Gasteiger partial charge in [-0.1, -0.05) is 24.3 Å². The van der Waals surface area contributed by atoms with Crippen LogP contribution in [0.4, 0.5) is 0 Å². The minimum Gasteiger partial charge on any atom is -0.369 e. The molecule has 2 rings (SSSR count). The number of fused-ring (bicyclic) bond motifs is 2. The van der Waals surface area contributed by atoms with Crippen molar-refractivity contribution in [3.8, 4) is 0 Å². The van der Waals surface area contributed by atoms with Gasteiger partial charge in [0, 0.05) is 0 Å². The number of rotatable bonds is 1. The number of hydrogen-bond donors (Lipinski definition) is 1. The number of nitrogens with two attached hydrogens (primary N) is 1. The van der Waals surface area contributed by atoms with Gasteiger partial charge in [0.15, 0.2) is 0 Å². The molecule has 0 unspecified atom stereocenters. The summed E-state index contributed by atoms with van der Waals surface area (Å²) in [5.74, 6) is 0.243. The molecular formula is C8H9NO. The fourth-order valence-electron chi connectivity index (χ4n) is 1.64. The van der Waals surface area contributed by atoms with Crippen molar-refractivity contribution in [2.45, 2.75) is 6.42 Å². The number of carbonyl (C=O) groups excluding carboxylic acids is 1. The van der Waals surface area contributed by atoms with Crippen LogP contribution in [0, 0.1) is 11.3 Å². The van der Waals surface area contributed by atoms with Crippen molar-refractivity contribution in [1.82, 2.24) is 0 Å². The zero-order valence-electron chi connectivity index (χ0n) is 5.58. The molecule has 0 aromatic heterocycles. The number of amides is 1. The van der Waals surface area contributed by atoms with E-state index in [4.69, 9.17) is 5.73 Å². The minimum absolute atomic E-state index is 0.222. The molecule has 0 aromatic carbocycles. The molecule has 0 spiro atoms. The van der Waals surface area contributed by atoms with Crippen molar-refractivity contribution in [1.29, 1.82) is 0 Å². The normalized spacial score (nSPS) is 41.0. The van der Waals surface area contributed by atoms with Crippen LogP contribution in [0.3, 0.4) is 0 Å². The number of carbonyl (C=O) groups is 1. The highest BCUT2D eigenvalue weighted by molar-refractivity contribution is 5.86. The van der Waals surface area contributed by atoms with E-state index in [0.717, 1.165) is 6.42 Å². The highest BCUT2D eigenvalue weighted by atomic mass is 16.1. The van der Waals surface area contributed by atoms with Crippen LogP contribution in [0.25, 0.3) is 0 Å². The lowest BCUT2D eigenvalue weighted by Crippen LogP contribution is -2.30. The maximum atomic E-state index is 10.9. The molecular weight excluding hydrogens is 126 g/mol. The Hall–Kier alpha value is -1.05. The summed E-state index contributed by atoms with van der Waals surface area (Å²) in [6, 6.07) is 0. The van der Waals surface area contributed by atoms with E-state index in [1.807, 2.05) is 24.3 Å². The molecule has 2 nitrogen and oxygen atoms in total. The van der Waals surface area contributed by atoms with E-state index >= 15 is 0 Å². The predicted octanol–water partition coefficient (Wildman–Crippen LogP) is 0.604. The standard InChI is InChI=1S/C8H9NO/c9-7(10)8-3-1-6(5-8)2-4-8/h1-4,6H,5H2,(H2,9,10). The van der Waals surface area contributed by atoms with Crippen molar-refractivity contribution in [3.05, 3.63) is 24.3 Å². The maximum Gasteiger partial charge on any atom is 0.231 e. The Balaban J connectivity index is 2.40.